The Morgan fingerprint density at radius 3 is 2.75 bits per heavy atom. The van der Waals surface area contributed by atoms with E-state index in [-0.39, 0.29) is 36.4 Å². The molecule has 1 N–H and O–H groups in total. The van der Waals surface area contributed by atoms with Crippen LogP contribution in [0.5, 0.6) is 0 Å². The van der Waals surface area contributed by atoms with Crippen molar-refractivity contribution < 1.29 is 14.6 Å². The molecule has 0 unspecified atom stereocenters. The van der Waals surface area contributed by atoms with E-state index in [1.165, 1.54) is 0 Å². The van der Waals surface area contributed by atoms with E-state index in [1.54, 1.807) is 12.4 Å². The lowest BCUT2D eigenvalue weighted by molar-refractivity contribution is -0.140. The van der Waals surface area contributed by atoms with E-state index < -0.39 is 0 Å². The van der Waals surface area contributed by atoms with Crippen LogP contribution in [0, 0.1) is 23.7 Å². The maximum atomic E-state index is 13.5. The highest BCUT2D eigenvalue weighted by Crippen LogP contribution is 2.49. The summed E-state index contributed by atoms with van der Waals surface area (Å²) in [5, 5.41) is 10.2. The molecule has 2 aromatic rings. The first kappa shape index (κ1) is 21.0. The first-order chi connectivity index (χ1) is 15.7. The van der Waals surface area contributed by atoms with E-state index in [2.05, 4.69) is 38.8 Å². The number of hydrogen-bond donors (Lipinski definition) is 1. The van der Waals surface area contributed by atoms with Crippen LogP contribution >= 0.6 is 0 Å². The van der Waals surface area contributed by atoms with Crippen molar-refractivity contribution in [2.75, 3.05) is 38.3 Å². The molecule has 0 spiro atoms. The number of pyridine rings is 1. The molecule has 1 amide bonds. The van der Waals surface area contributed by atoms with Crippen LogP contribution in [0.3, 0.4) is 0 Å². The lowest BCUT2D eigenvalue weighted by Crippen LogP contribution is -2.49. The van der Waals surface area contributed by atoms with Gasteiger partial charge in [0.05, 0.1) is 18.7 Å². The molecule has 3 atom stereocenters. The molecule has 1 aromatic heterocycles. The van der Waals surface area contributed by atoms with Crippen molar-refractivity contribution in [3.63, 3.8) is 0 Å². The summed E-state index contributed by atoms with van der Waals surface area (Å²) < 4.78 is 5.47. The Bertz CT molecular complexity index is 1040. The van der Waals surface area contributed by atoms with Crippen molar-refractivity contribution in [3.05, 3.63) is 59.4 Å². The maximum Gasteiger partial charge on any atom is 0.226 e. The monoisotopic (exact) mass is 431 g/mol. The van der Waals surface area contributed by atoms with Gasteiger partial charge >= 0.3 is 0 Å². The second-order valence-electron chi connectivity index (χ2n) is 8.94. The molecule has 4 heterocycles. The number of amides is 1. The van der Waals surface area contributed by atoms with Gasteiger partial charge in [0.25, 0.3) is 0 Å². The van der Waals surface area contributed by atoms with Gasteiger partial charge in [0, 0.05) is 67.8 Å². The van der Waals surface area contributed by atoms with Gasteiger partial charge in [-0.15, -0.1) is 0 Å². The first-order valence-electron chi connectivity index (χ1n) is 11.5. The second kappa shape index (κ2) is 8.93. The fourth-order valence-electron chi connectivity index (χ4n) is 5.54. The van der Waals surface area contributed by atoms with Crippen molar-refractivity contribution in [2.24, 2.45) is 11.8 Å². The van der Waals surface area contributed by atoms with Crippen molar-refractivity contribution in [1.29, 1.82) is 0 Å². The Labute approximate surface area is 189 Å². The Kier molecular flexibility index (Phi) is 5.86. The quantitative estimate of drug-likeness (QED) is 0.741. The average Bonchev–Trinajstić information content (AvgIpc) is 3.29. The molecule has 6 nitrogen and oxygen atoms in total. The lowest BCUT2D eigenvalue weighted by Gasteiger charge is -2.45. The van der Waals surface area contributed by atoms with E-state index in [0.29, 0.717) is 13.2 Å². The first-order valence-corrected chi connectivity index (χ1v) is 11.5. The summed E-state index contributed by atoms with van der Waals surface area (Å²) in [5.41, 5.74) is 4.01. The van der Waals surface area contributed by atoms with Gasteiger partial charge in [-0.2, -0.15) is 0 Å². The molecule has 0 radical (unpaired) electrons. The molecule has 166 valence electrons. The van der Waals surface area contributed by atoms with Gasteiger partial charge in [-0.25, -0.2) is 0 Å². The third kappa shape index (κ3) is 3.76. The van der Waals surface area contributed by atoms with Gasteiger partial charge in [-0.05, 0) is 55.2 Å². The summed E-state index contributed by atoms with van der Waals surface area (Å²) in [6.07, 6.45) is 5.98. The molecular weight excluding hydrogens is 402 g/mol. The zero-order valence-corrected chi connectivity index (χ0v) is 18.4. The zero-order valence-electron chi connectivity index (χ0n) is 18.4. The SMILES string of the molecule is CN1c2ccc(C#Cc3cccnc3)cc2[C@H]2[C@H](CCN2C(=O)C2CCOCC2)[C@@H]1CO. The predicted molar refractivity (Wildman–Crippen MR) is 122 cm³/mol. The average molecular weight is 432 g/mol. The standard InChI is InChI=1S/C26H29N3O3/c1-28-23-7-6-18(4-5-19-3-2-11-27-16-19)15-22(23)25-21(24(28)17-30)8-12-29(25)26(31)20-9-13-32-14-10-20/h2-3,6-7,11,15-16,20-21,24-25,30H,8-10,12-14,17H2,1H3/t21-,24+,25-/m1/s1. The molecule has 0 aliphatic carbocycles. The number of likely N-dealkylation sites (tertiary alicyclic amines) is 1. The lowest BCUT2D eigenvalue weighted by atomic mass is 9.81. The van der Waals surface area contributed by atoms with Crippen LogP contribution in [-0.4, -0.2) is 60.4 Å². The van der Waals surface area contributed by atoms with Gasteiger partial charge in [-0.3, -0.25) is 9.78 Å². The van der Waals surface area contributed by atoms with E-state index in [0.717, 1.165) is 48.2 Å². The molecule has 1 aromatic carbocycles. The van der Waals surface area contributed by atoms with Gasteiger partial charge in [0.2, 0.25) is 5.91 Å². The fraction of sp³-hybridized carbons (Fsp3) is 0.462. The molecule has 32 heavy (non-hydrogen) atoms. The van der Waals surface area contributed by atoms with Crippen molar-refractivity contribution in [1.82, 2.24) is 9.88 Å². The summed E-state index contributed by atoms with van der Waals surface area (Å²) in [6, 6.07) is 10.0. The van der Waals surface area contributed by atoms with Crippen LogP contribution in [0.2, 0.25) is 0 Å². The third-order valence-electron chi connectivity index (χ3n) is 7.22. The summed E-state index contributed by atoms with van der Waals surface area (Å²) in [4.78, 5) is 21.9. The van der Waals surface area contributed by atoms with Crippen LogP contribution in [0.15, 0.2) is 42.7 Å². The highest BCUT2D eigenvalue weighted by molar-refractivity contribution is 5.80. The van der Waals surface area contributed by atoms with Gasteiger partial charge in [0.1, 0.15) is 0 Å². The number of hydrogen-bond acceptors (Lipinski definition) is 5. The number of carbonyl (C=O) groups excluding carboxylic acids is 1. The molecule has 0 saturated carbocycles. The number of anilines is 1. The number of aliphatic hydroxyl groups excluding tert-OH is 1. The Morgan fingerprint density at radius 1 is 1.19 bits per heavy atom. The Hall–Kier alpha value is -2.88. The molecule has 3 aliphatic rings. The number of carbonyl (C=O) groups is 1. The number of aliphatic hydroxyl groups is 1. The van der Waals surface area contributed by atoms with Crippen LogP contribution in [0.1, 0.15) is 42.0 Å². The predicted octanol–water partition coefficient (Wildman–Crippen LogP) is 2.61. The second-order valence-corrected chi connectivity index (χ2v) is 8.94. The Morgan fingerprint density at radius 2 is 2.00 bits per heavy atom. The zero-order chi connectivity index (χ0) is 22.1. The fourth-order valence-corrected chi connectivity index (χ4v) is 5.54. The minimum atomic E-state index is -0.0196. The van der Waals surface area contributed by atoms with Gasteiger partial charge in [-0.1, -0.05) is 11.8 Å². The summed E-state index contributed by atoms with van der Waals surface area (Å²) >= 11 is 0. The summed E-state index contributed by atoms with van der Waals surface area (Å²) in [6.45, 7) is 2.13. The highest BCUT2D eigenvalue weighted by Gasteiger charge is 2.48. The number of ether oxygens (including phenoxy) is 1. The minimum Gasteiger partial charge on any atom is -0.394 e. The largest absolute Gasteiger partial charge is 0.394 e. The van der Waals surface area contributed by atoms with E-state index in [4.69, 9.17) is 4.74 Å². The van der Waals surface area contributed by atoms with Crippen molar-refractivity contribution >= 4 is 11.6 Å². The molecule has 0 bridgehead atoms. The van der Waals surface area contributed by atoms with E-state index in [1.807, 2.05) is 25.2 Å². The van der Waals surface area contributed by atoms with Gasteiger partial charge < -0.3 is 19.6 Å². The maximum absolute atomic E-state index is 13.5. The van der Waals surface area contributed by atoms with Crippen LogP contribution < -0.4 is 4.90 Å². The molecule has 6 heteroatoms. The third-order valence-corrected chi connectivity index (χ3v) is 7.22. The topological polar surface area (TPSA) is 65.9 Å². The summed E-state index contributed by atoms with van der Waals surface area (Å²) in [5.74, 6) is 6.93. The van der Waals surface area contributed by atoms with E-state index in [9.17, 15) is 9.90 Å². The van der Waals surface area contributed by atoms with E-state index >= 15 is 0 Å². The number of fused-ring (bicyclic) bond motifs is 3. The number of nitrogens with zero attached hydrogens (tertiary/aromatic N) is 3. The van der Waals surface area contributed by atoms with Crippen molar-refractivity contribution in [2.45, 2.75) is 31.3 Å². The van der Waals surface area contributed by atoms with Crippen LogP contribution in [-0.2, 0) is 9.53 Å². The molecule has 5 rings (SSSR count). The van der Waals surface area contributed by atoms with Crippen LogP contribution in [0.4, 0.5) is 5.69 Å². The van der Waals surface area contributed by atoms with Crippen LogP contribution in [0.25, 0.3) is 0 Å². The molecule has 3 aliphatic heterocycles. The minimum absolute atomic E-state index is 0.00677. The summed E-state index contributed by atoms with van der Waals surface area (Å²) in [7, 11) is 2.04. The highest BCUT2D eigenvalue weighted by atomic mass is 16.5. The van der Waals surface area contributed by atoms with Crippen molar-refractivity contribution in [3.8, 4) is 11.8 Å². The molecule has 2 fully saturated rings. The number of rotatable bonds is 2. The Balaban J connectivity index is 1.51. The smallest absolute Gasteiger partial charge is 0.226 e. The number of benzene rings is 1. The van der Waals surface area contributed by atoms with Gasteiger partial charge in [0.15, 0.2) is 0 Å². The molecule has 2 saturated heterocycles. The normalized spacial score (nSPS) is 25.0. The number of aromatic nitrogens is 1. The number of likely N-dealkylation sites (N-methyl/N-ethyl adjacent to an activating group) is 1. The molecular formula is C26H29N3O3.